The average Bonchev–Trinajstić information content (AvgIpc) is 2.67. The number of rotatable bonds is 4. The monoisotopic (exact) mass is 369 g/mol. The van der Waals surface area contributed by atoms with Crippen LogP contribution in [-0.4, -0.2) is 59.9 Å². The summed E-state index contributed by atoms with van der Waals surface area (Å²) in [5, 5.41) is 10.9. The van der Waals surface area contributed by atoms with E-state index in [0.29, 0.717) is 12.2 Å². The Kier molecular flexibility index (Phi) is 5.62. The number of hydrogen-bond acceptors (Lipinski definition) is 5. The van der Waals surface area contributed by atoms with Crippen LogP contribution >= 0.6 is 0 Å². The van der Waals surface area contributed by atoms with Crippen molar-refractivity contribution in [1.29, 1.82) is 0 Å². The van der Waals surface area contributed by atoms with Gasteiger partial charge in [-0.3, -0.25) is 4.90 Å². The van der Waals surface area contributed by atoms with Crippen LogP contribution in [0.2, 0.25) is 0 Å². The van der Waals surface area contributed by atoms with E-state index in [1.165, 1.54) is 19.4 Å². The lowest BCUT2D eigenvalue weighted by molar-refractivity contribution is -0.0720. The molecule has 1 aromatic carbocycles. The lowest BCUT2D eigenvalue weighted by Gasteiger charge is -2.40. The van der Waals surface area contributed by atoms with Crippen molar-refractivity contribution in [3.63, 3.8) is 0 Å². The Bertz CT molecular complexity index is 763. The number of ether oxygens (including phenoxy) is 1. The molecule has 3 heterocycles. The highest BCUT2D eigenvalue weighted by Gasteiger charge is 2.27. The molecule has 5 nitrogen and oxygen atoms in total. The van der Waals surface area contributed by atoms with Crippen LogP contribution in [0.4, 0.5) is 5.82 Å². The quantitative estimate of drug-likeness (QED) is 0.898. The van der Waals surface area contributed by atoms with Crippen LogP contribution < -0.4 is 4.90 Å². The van der Waals surface area contributed by atoms with E-state index in [9.17, 15) is 5.11 Å². The number of fused-ring (bicyclic) bond motifs is 1. The SMILES string of the molecule is CC1CN(CC2CCN(c3nc4ccccc4cc3CO)CC2)CC(C)O1. The Morgan fingerprint density at radius 1 is 1.11 bits per heavy atom. The van der Waals surface area contributed by atoms with E-state index in [1.807, 2.05) is 18.2 Å². The van der Waals surface area contributed by atoms with Gasteiger partial charge < -0.3 is 14.7 Å². The van der Waals surface area contributed by atoms with Gasteiger partial charge in [0.1, 0.15) is 5.82 Å². The molecule has 2 fully saturated rings. The maximum absolute atomic E-state index is 9.84. The van der Waals surface area contributed by atoms with Crippen LogP contribution in [0, 0.1) is 5.92 Å². The Labute approximate surface area is 161 Å². The minimum atomic E-state index is 0.0383. The number of aliphatic hydroxyl groups excluding tert-OH is 1. The Balaban J connectivity index is 1.41. The lowest BCUT2D eigenvalue weighted by Crippen LogP contribution is -2.48. The van der Waals surface area contributed by atoms with E-state index < -0.39 is 0 Å². The Morgan fingerprint density at radius 2 is 1.81 bits per heavy atom. The summed E-state index contributed by atoms with van der Waals surface area (Å²) in [5.74, 6) is 1.69. The third-order valence-electron chi connectivity index (χ3n) is 5.88. The van der Waals surface area contributed by atoms with Crippen molar-refractivity contribution in [2.75, 3.05) is 37.6 Å². The molecule has 2 aliphatic rings. The number of nitrogens with zero attached hydrogens (tertiary/aromatic N) is 3. The van der Waals surface area contributed by atoms with Crippen LogP contribution in [0.3, 0.4) is 0 Å². The molecule has 2 unspecified atom stereocenters. The molecular formula is C22H31N3O2. The van der Waals surface area contributed by atoms with Gasteiger partial charge in [-0.1, -0.05) is 18.2 Å². The first-order chi connectivity index (χ1) is 13.1. The maximum Gasteiger partial charge on any atom is 0.134 e. The molecule has 146 valence electrons. The first-order valence-electron chi connectivity index (χ1n) is 10.2. The average molecular weight is 370 g/mol. The molecule has 4 rings (SSSR count). The Hall–Kier alpha value is -1.69. The lowest BCUT2D eigenvalue weighted by atomic mass is 9.95. The number of aliphatic hydroxyl groups is 1. The minimum absolute atomic E-state index is 0.0383. The fourth-order valence-electron chi connectivity index (χ4n) is 4.67. The highest BCUT2D eigenvalue weighted by molar-refractivity contribution is 5.81. The molecule has 0 bridgehead atoms. The number of benzene rings is 1. The molecule has 0 radical (unpaired) electrons. The van der Waals surface area contributed by atoms with Gasteiger partial charge in [-0.05, 0) is 44.7 Å². The second kappa shape index (κ2) is 8.13. The van der Waals surface area contributed by atoms with Gasteiger partial charge in [0.05, 0.1) is 24.3 Å². The van der Waals surface area contributed by atoms with Crippen molar-refractivity contribution in [3.8, 4) is 0 Å². The number of aromatic nitrogens is 1. The van der Waals surface area contributed by atoms with E-state index in [0.717, 1.165) is 54.4 Å². The molecule has 1 N–H and O–H groups in total. The summed E-state index contributed by atoms with van der Waals surface area (Å²) >= 11 is 0. The van der Waals surface area contributed by atoms with Crippen molar-refractivity contribution in [3.05, 3.63) is 35.9 Å². The highest BCUT2D eigenvalue weighted by Crippen LogP contribution is 2.28. The van der Waals surface area contributed by atoms with Gasteiger partial charge in [-0.25, -0.2) is 4.98 Å². The molecule has 2 aliphatic heterocycles. The molecule has 0 aliphatic carbocycles. The molecular weight excluding hydrogens is 338 g/mol. The maximum atomic E-state index is 9.84. The standard InChI is InChI=1S/C22H31N3O2/c1-16-12-24(13-17(2)27-16)14-18-7-9-25(10-8-18)22-20(15-26)11-19-5-3-4-6-21(19)23-22/h3-6,11,16-18,26H,7-10,12-15H2,1-2H3. The first-order valence-corrected chi connectivity index (χ1v) is 10.2. The fraction of sp³-hybridized carbons (Fsp3) is 0.591. The molecule has 0 amide bonds. The van der Waals surface area contributed by atoms with E-state index in [-0.39, 0.29) is 6.61 Å². The van der Waals surface area contributed by atoms with Gasteiger partial charge in [-0.15, -0.1) is 0 Å². The normalized spacial score (nSPS) is 25.2. The third-order valence-corrected chi connectivity index (χ3v) is 5.88. The van der Waals surface area contributed by atoms with Crippen LogP contribution in [0.15, 0.2) is 30.3 Å². The summed E-state index contributed by atoms with van der Waals surface area (Å²) in [5.41, 5.74) is 1.94. The second-order valence-electron chi connectivity index (χ2n) is 8.23. The molecule has 0 saturated carbocycles. The predicted molar refractivity (Wildman–Crippen MR) is 109 cm³/mol. The zero-order chi connectivity index (χ0) is 18.8. The Morgan fingerprint density at radius 3 is 2.52 bits per heavy atom. The van der Waals surface area contributed by atoms with Gasteiger partial charge in [0.25, 0.3) is 0 Å². The number of piperidine rings is 1. The summed E-state index contributed by atoms with van der Waals surface area (Å²) in [6, 6.07) is 10.2. The van der Waals surface area contributed by atoms with Crippen molar-refractivity contribution in [2.45, 2.75) is 45.5 Å². The summed E-state index contributed by atoms with van der Waals surface area (Å²) in [7, 11) is 0. The third kappa shape index (κ3) is 4.26. The zero-order valence-corrected chi connectivity index (χ0v) is 16.5. The van der Waals surface area contributed by atoms with Crippen molar-refractivity contribution in [2.24, 2.45) is 5.92 Å². The summed E-state index contributed by atoms with van der Waals surface area (Å²) in [6.07, 6.45) is 3.03. The smallest absolute Gasteiger partial charge is 0.134 e. The molecule has 2 atom stereocenters. The van der Waals surface area contributed by atoms with E-state index in [4.69, 9.17) is 9.72 Å². The number of morpholine rings is 1. The van der Waals surface area contributed by atoms with E-state index in [2.05, 4.69) is 35.8 Å². The summed E-state index contributed by atoms with van der Waals surface area (Å²) < 4.78 is 5.86. The van der Waals surface area contributed by atoms with Gasteiger partial charge in [0.15, 0.2) is 0 Å². The molecule has 2 saturated heterocycles. The van der Waals surface area contributed by atoms with Crippen LogP contribution in [-0.2, 0) is 11.3 Å². The van der Waals surface area contributed by atoms with Crippen LogP contribution in [0.1, 0.15) is 32.3 Å². The number of pyridine rings is 1. The van der Waals surface area contributed by atoms with E-state index in [1.54, 1.807) is 0 Å². The minimum Gasteiger partial charge on any atom is -0.392 e. The first kappa shape index (κ1) is 18.7. The van der Waals surface area contributed by atoms with Crippen molar-refractivity contribution < 1.29 is 9.84 Å². The second-order valence-corrected chi connectivity index (χ2v) is 8.23. The fourth-order valence-corrected chi connectivity index (χ4v) is 4.67. The van der Waals surface area contributed by atoms with Crippen LogP contribution in [0.25, 0.3) is 10.9 Å². The molecule has 2 aromatic rings. The topological polar surface area (TPSA) is 48.8 Å². The van der Waals surface area contributed by atoms with E-state index >= 15 is 0 Å². The number of para-hydroxylation sites is 1. The number of hydrogen-bond donors (Lipinski definition) is 1. The highest BCUT2D eigenvalue weighted by atomic mass is 16.5. The summed E-state index contributed by atoms with van der Waals surface area (Å²) in [6.45, 7) is 9.68. The van der Waals surface area contributed by atoms with Gasteiger partial charge >= 0.3 is 0 Å². The van der Waals surface area contributed by atoms with Crippen LogP contribution in [0.5, 0.6) is 0 Å². The molecule has 5 heteroatoms. The molecule has 1 aromatic heterocycles. The van der Waals surface area contributed by atoms with Crippen molar-refractivity contribution in [1.82, 2.24) is 9.88 Å². The van der Waals surface area contributed by atoms with Crippen molar-refractivity contribution >= 4 is 16.7 Å². The molecule has 27 heavy (non-hydrogen) atoms. The summed E-state index contributed by atoms with van der Waals surface area (Å²) in [4.78, 5) is 9.81. The van der Waals surface area contributed by atoms with Gasteiger partial charge in [0, 0.05) is 43.7 Å². The largest absolute Gasteiger partial charge is 0.392 e. The predicted octanol–water partition coefficient (Wildman–Crippen LogP) is 3.05. The zero-order valence-electron chi connectivity index (χ0n) is 16.5. The van der Waals surface area contributed by atoms with Gasteiger partial charge in [-0.2, -0.15) is 0 Å². The molecule has 0 spiro atoms. The van der Waals surface area contributed by atoms with Gasteiger partial charge in [0.2, 0.25) is 0 Å². The number of anilines is 1.